The van der Waals surface area contributed by atoms with E-state index in [-0.39, 0.29) is 6.23 Å². The first-order valence-corrected chi connectivity index (χ1v) is 16.3. The third kappa shape index (κ3) is 5.13. The normalized spacial score (nSPS) is 21.5. The number of aromatic nitrogens is 4. The molecule has 0 radical (unpaired) electrons. The van der Waals surface area contributed by atoms with Crippen LogP contribution in [-0.2, 0) is 21.2 Å². The van der Waals surface area contributed by atoms with Crippen molar-refractivity contribution in [3.63, 3.8) is 0 Å². The summed E-state index contributed by atoms with van der Waals surface area (Å²) >= 11 is 0. The minimum absolute atomic E-state index is 0.0887. The van der Waals surface area contributed by atoms with Gasteiger partial charge in [-0.15, -0.1) is 5.10 Å². The van der Waals surface area contributed by atoms with Crippen LogP contribution >= 0.6 is 0 Å². The molecule has 212 valence electrons. The first-order chi connectivity index (χ1) is 19.9. The minimum atomic E-state index is -3.21. The molecule has 0 spiro atoms. The van der Waals surface area contributed by atoms with Crippen LogP contribution in [0, 0.1) is 0 Å². The van der Waals surface area contributed by atoms with Crippen LogP contribution in [0.2, 0.25) is 0 Å². The Bertz CT molecular complexity index is 1790. The predicted octanol–water partition coefficient (Wildman–Crippen LogP) is 6.42. The van der Waals surface area contributed by atoms with Crippen molar-refractivity contribution in [1.82, 2.24) is 19.4 Å². The lowest BCUT2D eigenvalue weighted by atomic mass is 9.92. The van der Waals surface area contributed by atoms with Crippen LogP contribution in [0.4, 0.5) is 0 Å². The lowest BCUT2D eigenvalue weighted by Crippen LogP contribution is -2.19. The van der Waals surface area contributed by atoms with Crippen LogP contribution in [0.25, 0.3) is 16.6 Å². The van der Waals surface area contributed by atoms with Crippen molar-refractivity contribution in [3.05, 3.63) is 89.7 Å². The van der Waals surface area contributed by atoms with Gasteiger partial charge in [0.15, 0.2) is 21.7 Å². The lowest BCUT2D eigenvalue weighted by Gasteiger charge is -2.22. The summed E-state index contributed by atoms with van der Waals surface area (Å²) in [6, 6.07) is 19.8. The molecule has 41 heavy (non-hydrogen) atoms. The largest absolute Gasteiger partial charge is 0.487 e. The molecule has 9 heteroatoms. The fraction of sp³-hybridized carbons (Fsp3) is 0.375. The van der Waals surface area contributed by atoms with Gasteiger partial charge in [0.1, 0.15) is 12.4 Å². The number of benzene rings is 2. The molecule has 0 bridgehead atoms. The van der Waals surface area contributed by atoms with Crippen molar-refractivity contribution in [3.8, 4) is 5.75 Å². The Hall–Kier alpha value is -3.69. The molecule has 1 saturated heterocycles. The van der Waals surface area contributed by atoms with Crippen molar-refractivity contribution in [2.24, 2.45) is 0 Å². The zero-order chi connectivity index (χ0) is 28.0. The standard InChI is InChI=1S/C32H34N4O4S/c1-41(37,38)27-14-12-23(13-15-27)24-10-11-25(17-24)28-18-26(40-21-22-7-3-2-4-8-22)20-35-31(28)29-19-33-36(32(29)34-35)30-9-5-6-16-39-30/h2-4,7-8,12-15,18-20,24-25,30H,5-6,9-11,16-17,21H2,1H3. The molecule has 3 aromatic heterocycles. The topological polar surface area (TPSA) is 87.7 Å². The monoisotopic (exact) mass is 570 g/mol. The van der Waals surface area contributed by atoms with Crippen molar-refractivity contribution >= 4 is 26.4 Å². The molecule has 7 rings (SSSR count). The van der Waals surface area contributed by atoms with E-state index in [4.69, 9.17) is 19.7 Å². The Morgan fingerprint density at radius 1 is 1.00 bits per heavy atom. The highest BCUT2D eigenvalue weighted by Crippen LogP contribution is 2.46. The molecule has 2 aromatic carbocycles. The maximum atomic E-state index is 12.0. The van der Waals surface area contributed by atoms with Crippen LogP contribution < -0.4 is 4.74 Å². The molecule has 8 nitrogen and oxygen atoms in total. The van der Waals surface area contributed by atoms with E-state index in [2.05, 4.69) is 18.2 Å². The molecule has 3 unspecified atom stereocenters. The van der Waals surface area contributed by atoms with Gasteiger partial charge in [0, 0.05) is 12.9 Å². The Kier molecular flexibility index (Phi) is 6.79. The zero-order valence-electron chi connectivity index (χ0n) is 23.1. The third-order valence-corrected chi connectivity index (χ3v) is 9.73. The second kappa shape index (κ2) is 10.6. The summed E-state index contributed by atoms with van der Waals surface area (Å²) in [4.78, 5) is 0.362. The third-order valence-electron chi connectivity index (χ3n) is 8.61. The summed E-state index contributed by atoms with van der Waals surface area (Å²) in [5.41, 5.74) is 5.44. The van der Waals surface area contributed by atoms with Gasteiger partial charge in [0.25, 0.3) is 0 Å². The second-order valence-electron chi connectivity index (χ2n) is 11.4. The predicted molar refractivity (Wildman–Crippen MR) is 157 cm³/mol. The molecule has 0 N–H and O–H groups in total. The summed E-state index contributed by atoms with van der Waals surface area (Å²) in [6.45, 7) is 1.23. The molecule has 1 saturated carbocycles. The molecule has 2 fully saturated rings. The van der Waals surface area contributed by atoms with Crippen LogP contribution in [0.1, 0.15) is 73.3 Å². The molecular weight excluding hydrogens is 536 g/mol. The van der Waals surface area contributed by atoms with Gasteiger partial charge in [-0.25, -0.2) is 17.6 Å². The van der Waals surface area contributed by atoms with Gasteiger partial charge >= 0.3 is 0 Å². The number of sulfone groups is 1. The van der Waals surface area contributed by atoms with Crippen molar-refractivity contribution in [2.45, 2.75) is 68.1 Å². The molecule has 1 aliphatic heterocycles. The quantitative estimate of drug-likeness (QED) is 0.225. The number of hydrogen-bond acceptors (Lipinski definition) is 6. The summed E-state index contributed by atoms with van der Waals surface area (Å²) in [5, 5.41) is 10.8. The second-order valence-corrected chi connectivity index (χ2v) is 13.4. The average molecular weight is 571 g/mol. The molecular formula is C32H34N4O4S. The number of pyridine rings is 1. The van der Waals surface area contributed by atoms with E-state index in [1.165, 1.54) is 17.4 Å². The van der Waals surface area contributed by atoms with E-state index in [9.17, 15) is 8.42 Å². The van der Waals surface area contributed by atoms with Crippen LogP contribution in [0.5, 0.6) is 5.75 Å². The van der Waals surface area contributed by atoms with Gasteiger partial charge in [0.2, 0.25) is 0 Å². The van der Waals surface area contributed by atoms with Crippen LogP contribution in [0.15, 0.2) is 78.0 Å². The van der Waals surface area contributed by atoms with Crippen molar-refractivity contribution < 1.29 is 17.9 Å². The van der Waals surface area contributed by atoms with E-state index in [1.807, 2.05) is 51.9 Å². The summed E-state index contributed by atoms with van der Waals surface area (Å²) in [7, 11) is -3.21. The number of ether oxygens (including phenoxy) is 2. The van der Waals surface area contributed by atoms with Gasteiger partial charge < -0.3 is 9.47 Å². The van der Waals surface area contributed by atoms with Gasteiger partial charge in [-0.2, -0.15) is 5.10 Å². The number of fused-ring (bicyclic) bond motifs is 3. The smallest absolute Gasteiger partial charge is 0.183 e. The highest BCUT2D eigenvalue weighted by Gasteiger charge is 2.31. The van der Waals surface area contributed by atoms with E-state index in [0.717, 1.165) is 73.0 Å². The number of nitrogens with zero attached hydrogens (tertiary/aromatic N) is 4. The Morgan fingerprint density at radius 3 is 2.56 bits per heavy atom. The Balaban J connectivity index is 1.25. The Labute approximate surface area is 239 Å². The summed E-state index contributed by atoms with van der Waals surface area (Å²) in [6.07, 6.45) is 11.3. The van der Waals surface area contributed by atoms with Crippen LogP contribution in [0.3, 0.4) is 0 Å². The van der Waals surface area contributed by atoms with E-state index in [0.29, 0.717) is 23.3 Å². The molecule has 5 aromatic rings. The SMILES string of the molecule is CS(=O)(=O)c1ccc(C2CCC(c3cc(OCc4ccccc4)cn4nc5c(cnn5C5CCCCO5)c34)C2)cc1. The Morgan fingerprint density at radius 2 is 1.80 bits per heavy atom. The minimum Gasteiger partial charge on any atom is -0.487 e. The number of rotatable bonds is 7. The molecule has 3 atom stereocenters. The fourth-order valence-electron chi connectivity index (χ4n) is 6.47. The van der Waals surface area contributed by atoms with E-state index in [1.54, 1.807) is 12.1 Å². The van der Waals surface area contributed by atoms with Crippen molar-refractivity contribution in [1.29, 1.82) is 0 Å². The first kappa shape index (κ1) is 26.2. The molecule has 0 amide bonds. The van der Waals surface area contributed by atoms with E-state index >= 15 is 0 Å². The van der Waals surface area contributed by atoms with Crippen LogP contribution in [-0.4, -0.2) is 40.7 Å². The summed E-state index contributed by atoms with van der Waals surface area (Å²) < 4.78 is 40.2. The average Bonchev–Trinajstić information content (AvgIpc) is 3.72. The zero-order valence-corrected chi connectivity index (χ0v) is 24.0. The van der Waals surface area contributed by atoms with Crippen molar-refractivity contribution in [2.75, 3.05) is 12.9 Å². The highest BCUT2D eigenvalue weighted by molar-refractivity contribution is 7.90. The first-order valence-electron chi connectivity index (χ1n) is 14.4. The number of hydrogen-bond donors (Lipinski definition) is 0. The van der Waals surface area contributed by atoms with E-state index < -0.39 is 9.84 Å². The maximum Gasteiger partial charge on any atom is 0.183 e. The fourth-order valence-corrected chi connectivity index (χ4v) is 7.10. The van der Waals surface area contributed by atoms with Gasteiger partial charge in [-0.1, -0.05) is 42.5 Å². The molecule has 2 aliphatic rings. The molecule has 1 aliphatic carbocycles. The van der Waals surface area contributed by atoms with Gasteiger partial charge in [-0.05, 0) is 85.3 Å². The summed E-state index contributed by atoms with van der Waals surface area (Å²) in [5.74, 6) is 1.46. The highest BCUT2D eigenvalue weighted by atomic mass is 32.2. The lowest BCUT2D eigenvalue weighted by molar-refractivity contribution is -0.0370. The van der Waals surface area contributed by atoms with Gasteiger partial charge in [-0.3, -0.25) is 0 Å². The maximum absolute atomic E-state index is 12.0. The molecule has 4 heterocycles. The van der Waals surface area contributed by atoms with Gasteiger partial charge in [0.05, 0.1) is 28.2 Å².